The van der Waals surface area contributed by atoms with Crippen LogP contribution in [0.15, 0.2) is 48.1 Å². The Balaban J connectivity index is 2.17. The van der Waals surface area contributed by atoms with Crippen LogP contribution in [0.1, 0.15) is 24.3 Å². The Labute approximate surface area is 105 Å². The average molecular weight is 249 g/mol. The average Bonchev–Trinajstić information content (AvgIpc) is 2.29. The van der Waals surface area contributed by atoms with Gasteiger partial charge in [0.05, 0.1) is 0 Å². The first-order valence-electron chi connectivity index (χ1n) is 5.50. The number of carboxylic acids is 1. The van der Waals surface area contributed by atoms with E-state index in [4.69, 9.17) is 16.7 Å². The van der Waals surface area contributed by atoms with Gasteiger partial charge < -0.3 is 5.11 Å². The molecule has 1 aliphatic rings. The van der Waals surface area contributed by atoms with Gasteiger partial charge in [0, 0.05) is 11.1 Å². The number of hydrogen-bond donors (Lipinski definition) is 1. The first-order chi connectivity index (χ1) is 8.15. The second-order valence-electron chi connectivity index (χ2n) is 4.15. The van der Waals surface area contributed by atoms with E-state index in [2.05, 4.69) is 0 Å². The molecule has 88 valence electrons. The Hall–Kier alpha value is -1.54. The van der Waals surface area contributed by atoms with Crippen LogP contribution in [0.5, 0.6) is 0 Å². The van der Waals surface area contributed by atoms with Gasteiger partial charge >= 0.3 is 5.97 Å². The Morgan fingerprint density at radius 3 is 2.71 bits per heavy atom. The van der Waals surface area contributed by atoms with Crippen LogP contribution >= 0.6 is 11.6 Å². The molecule has 2 rings (SSSR count). The van der Waals surface area contributed by atoms with Crippen molar-refractivity contribution < 1.29 is 9.90 Å². The van der Waals surface area contributed by atoms with Crippen molar-refractivity contribution in [2.75, 3.05) is 0 Å². The molecule has 0 fully saturated rings. The molecular weight excluding hydrogens is 236 g/mol. The number of rotatable bonds is 2. The summed E-state index contributed by atoms with van der Waals surface area (Å²) >= 11 is 5.85. The standard InChI is InChI=1S/C14H13ClO2/c15-13-6-4-11(5-7-13)12-3-1-2-10(8-12)9-14(16)17/h1-2,4-7,9,12H,3,8H2,(H,16,17)/b10-9+/t12-/m0/s1. The van der Waals surface area contributed by atoms with Gasteiger partial charge in [-0.1, -0.05) is 35.9 Å². The van der Waals surface area contributed by atoms with Crippen LogP contribution in [0.3, 0.4) is 0 Å². The highest BCUT2D eigenvalue weighted by atomic mass is 35.5. The third-order valence-electron chi connectivity index (χ3n) is 2.88. The molecule has 0 aliphatic heterocycles. The molecule has 1 atom stereocenters. The van der Waals surface area contributed by atoms with E-state index < -0.39 is 5.97 Å². The van der Waals surface area contributed by atoms with Crippen molar-refractivity contribution in [3.8, 4) is 0 Å². The van der Waals surface area contributed by atoms with Crippen molar-refractivity contribution in [1.82, 2.24) is 0 Å². The molecule has 0 radical (unpaired) electrons. The summed E-state index contributed by atoms with van der Waals surface area (Å²) in [6, 6.07) is 7.75. The van der Waals surface area contributed by atoms with Gasteiger partial charge in [-0.15, -0.1) is 0 Å². The van der Waals surface area contributed by atoms with E-state index in [-0.39, 0.29) is 0 Å². The van der Waals surface area contributed by atoms with E-state index in [9.17, 15) is 4.79 Å². The van der Waals surface area contributed by atoms with E-state index in [1.165, 1.54) is 11.6 Å². The van der Waals surface area contributed by atoms with Crippen LogP contribution in [-0.2, 0) is 4.79 Å². The van der Waals surface area contributed by atoms with E-state index in [1.807, 2.05) is 36.4 Å². The SMILES string of the molecule is O=C(O)/C=C1\C=CC[C@H](c2ccc(Cl)cc2)C1. The van der Waals surface area contributed by atoms with Crippen molar-refractivity contribution in [2.45, 2.75) is 18.8 Å². The maximum Gasteiger partial charge on any atom is 0.328 e. The van der Waals surface area contributed by atoms with Gasteiger partial charge in [-0.2, -0.15) is 0 Å². The van der Waals surface area contributed by atoms with Crippen molar-refractivity contribution in [2.24, 2.45) is 0 Å². The number of benzene rings is 1. The van der Waals surface area contributed by atoms with Crippen molar-refractivity contribution >= 4 is 17.6 Å². The molecule has 2 nitrogen and oxygen atoms in total. The summed E-state index contributed by atoms with van der Waals surface area (Å²) in [5.74, 6) is -0.538. The van der Waals surface area contributed by atoms with E-state index in [0.717, 1.165) is 23.4 Å². The predicted octanol–water partition coefficient (Wildman–Crippen LogP) is 3.78. The van der Waals surface area contributed by atoms with Gasteiger partial charge in [0.15, 0.2) is 0 Å². The van der Waals surface area contributed by atoms with Crippen LogP contribution in [0.2, 0.25) is 5.02 Å². The van der Waals surface area contributed by atoms with Gasteiger partial charge in [-0.3, -0.25) is 0 Å². The molecule has 0 spiro atoms. The topological polar surface area (TPSA) is 37.3 Å². The minimum absolute atomic E-state index is 0.350. The molecule has 1 aliphatic carbocycles. The number of halogens is 1. The fourth-order valence-corrected chi connectivity index (χ4v) is 2.20. The monoisotopic (exact) mass is 248 g/mol. The largest absolute Gasteiger partial charge is 0.478 e. The fourth-order valence-electron chi connectivity index (χ4n) is 2.07. The lowest BCUT2D eigenvalue weighted by atomic mass is 9.85. The third-order valence-corrected chi connectivity index (χ3v) is 3.14. The predicted molar refractivity (Wildman–Crippen MR) is 68.3 cm³/mol. The van der Waals surface area contributed by atoms with Crippen molar-refractivity contribution in [3.63, 3.8) is 0 Å². The second kappa shape index (κ2) is 5.19. The highest BCUT2D eigenvalue weighted by molar-refractivity contribution is 6.30. The quantitative estimate of drug-likeness (QED) is 0.809. The molecule has 0 saturated carbocycles. The molecule has 0 amide bonds. The lowest BCUT2D eigenvalue weighted by molar-refractivity contribution is -0.131. The molecule has 0 aromatic heterocycles. The zero-order chi connectivity index (χ0) is 12.3. The van der Waals surface area contributed by atoms with Crippen molar-refractivity contribution in [3.05, 3.63) is 58.7 Å². The molecule has 0 saturated heterocycles. The first-order valence-corrected chi connectivity index (χ1v) is 5.88. The molecule has 3 heteroatoms. The summed E-state index contributed by atoms with van der Waals surface area (Å²) in [5.41, 5.74) is 2.07. The molecule has 17 heavy (non-hydrogen) atoms. The van der Waals surface area contributed by atoms with Gasteiger partial charge in [0.25, 0.3) is 0 Å². The van der Waals surface area contributed by atoms with Crippen molar-refractivity contribution in [1.29, 1.82) is 0 Å². The summed E-state index contributed by atoms with van der Waals surface area (Å²) in [6.45, 7) is 0. The maximum absolute atomic E-state index is 10.6. The first kappa shape index (κ1) is 11.9. The number of carbonyl (C=O) groups is 1. The van der Waals surface area contributed by atoms with Crippen LogP contribution in [-0.4, -0.2) is 11.1 Å². The lowest BCUT2D eigenvalue weighted by Gasteiger charge is -2.20. The lowest BCUT2D eigenvalue weighted by Crippen LogP contribution is -2.04. The summed E-state index contributed by atoms with van der Waals surface area (Å²) in [4.78, 5) is 10.6. The fraction of sp³-hybridized carbons (Fsp3) is 0.214. The molecule has 1 aromatic carbocycles. The van der Waals surface area contributed by atoms with Gasteiger partial charge in [-0.05, 0) is 42.0 Å². The third kappa shape index (κ3) is 3.21. The molecule has 1 N–H and O–H groups in total. The summed E-state index contributed by atoms with van der Waals surface area (Å²) in [5, 5.41) is 9.45. The zero-order valence-corrected chi connectivity index (χ0v) is 10.0. The molecular formula is C14H13ClO2. The van der Waals surface area contributed by atoms with Gasteiger partial charge in [0.2, 0.25) is 0 Å². The van der Waals surface area contributed by atoms with E-state index >= 15 is 0 Å². The van der Waals surface area contributed by atoms with Gasteiger partial charge in [-0.25, -0.2) is 4.79 Å². The zero-order valence-electron chi connectivity index (χ0n) is 9.27. The normalized spacial score (nSPS) is 21.7. The number of hydrogen-bond acceptors (Lipinski definition) is 1. The number of allylic oxidation sites excluding steroid dienone is 3. The second-order valence-corrected chi connectivity index (χ2v) is 4.58. The van der Waals surface area contributed by atoms with Crippen LogP contribution in [0, 0.1) is 0 Å². The number of carboxylic acid groups (broad SMARTS) is 1. The highest BCUT2D eigenvalue weighted by Crippen LogP contribution is 2.32. The van der Waals surface area contributed by atoms with E-state index in [1.54, 1.807) is 0 Å². The van der Waals surface area contributed by atoms with Gasteiger partial charge in [0.1, 0.15) is 0 Å². The summed E-state index contributed by atoms with van der Waals surface area (Å²) < 4.78 is 0. The smallest absolute Gasteiger partial charge is 0.328 e. The van der Waals surface area contributed by atoms with Crippen LogP contribution < -0.4 is 0 Å². The van der Waals surface area contributed by atoms with Crippen LogP contribution in [0.25, 0.3) is 0 Å². The Morgan fingerprint density at radius 2 is 2.06 bits per heavy atom. The maximum atomic E-state index is 10.6. The number of aliphatic carboxylic acids is 1. The molecule has 1 aromatic rings. The van der Waals surface area contributed by atoms with Crippen LogP contribution in [0.4, 0.5) is 0 Å². The minimum Gasteiger partial charge on any atom is -0.478 e. The Kier molecular flexibility index (Phi) is 3.64. The Morgan fingerprint density at radius 1 is 1.35 bits per heavy atom. The Bertz CT molecular complexity index is 472. The highest BCUT2D eigenvalue weighted by Gasteiger charge is 2.15. The summed E-state index contributed by atoms with van der Waals surface area (Å²) in [7, 11) is 0. The molecule has 0 heterocycles. The molecule has 0 unspecified atom stereocenters. The van der Waals surface area contributed by atoms with E-state index in [0.29, 0.717) is 5.92 Å². The molecule has 0 bridgehead atoms. The minimum atomic E-state index is -0.888. The summed E-state index contributed by atoms with van der Waals surface area (Å²) in [6.07, 6.45) is 6.90.